The minimum absolute atomic E-state index is 0.190. The Balaban J connectivity index is 1.26. The van der Waals surface area contributed by atoms with Crippen LogP contribution in [0.3, 0.4) is 0 Å². The van der Waals surface area contributed by atoms with Crippen molar-refractivity contribution in [2.45, 2.75) is 51.9 Å². The summed E-state index contributed by atoms with van der Waals surface area (Å²) in [6.45, 7) is 9.19. The van der Waals surface area contributed by atoms with Crippen LogP contribution in [0.2, 0.25) is 0 Å². The Hall–Kier alpha value is -3.44. The van der Waals surface area contributed by atoms with Gasteiger partial charge in [0.1, 0.15) is 18.0 Å². The van der Waals surface area contributed by atoms with Crippen molar-refractivity contribution in [1.82, 2.24) is 0 Å². The molecule has 0 aliphatic heterocycles. The summed E-state index contributed by atoms with van der Waals surface area (Å²) in [4.78, 5) is 20.6. The van der Waals surface area contributed by atoms with Gasteiger partial charge in [0.25, 0.3) is 11.4 Å². The molecule has 0 saturated carbocycles. The van der Waals surface area contributed by atoms with Gasteiger partial charge in [-0.1, -0.05) is 51.2 Å². The van der Waals surface area contributed by atoms with Crippen LogP contribution >= 0.6 is 0 Å². The number of aryl methyl sites for hydroxylation is 1. The van der Waals surface area contributed by atoms with Crippen LogP contribution < -0.4 is 10.1 Å². The number of benzene rings is 2. The molecule has 0 unspecified atom stereocenters. The standard InChI is InChI=1S/C36H57N3O12/c1-2-3-4-5-6-7-8-32-9-12-34(13-10-32)51-30-29-50-28-27-49-26-25-48-24-23-47-22-21-46-20-19-45-18-17-44-16-15-37-35-14-11-33(38(40)41)31-36(35)39(42)43/h9-14,31,37H,2-8,15-30H2,1H3. The number of hydrogen-bond donors (Lipinski definition) is 1. The molecule has 0 aliphatic carbocycles. The topological polar surface area (TPSA) is 172 Å². The first-order chi connectivity index (χ1) is 25.0. The van der Waals surface area contributed by atoms with Crippen molar-refractivity contribution in [2.24, 2.45) is 0 Å². The largest absolute Gasteiger partial charge is 0.491 e. The third-order valence-electron chi connectivity index (χ3n) is 7.42. The van der Waals surface area contributed by atoms with Crippen LogP contribution in [-0.4, -0.2) is 115 Å². The summed E-state index contributed by atoms with van der Waals surface area (Å²) < 4.78 is 44.2. The zero-order valence-electron chi connectivity index (χ0n) is 30.1. The normalized spacial score (nSPS) is 11.2. The molecule has 0 radical (unpaired) electrons. The van der Waals surface area contributed by atoms with Crippen molar-refractivity contribution in [1.29, 1.82) is 0 Å². The number of nitrogens with zero attached hydrogens (tertiary/aromatic N) is 2. The maximum atomic E-state index is 11.2. The number of non-ortho nitro benzene ring substituents is 1. The van der Waals surface area contributed by atoms with E-state index in [0.717, 1.165) is 18.2 Å². The molecule has 0 aromatic heterocycles. The van der Waals surface area contributed by atoms with E-state index in [1.807, 2.05) is 12.1 Å². The summed E-state index contributed by atoms with van der Waals surface area (Å²) in [7, 11) is 0. The Morgan fingerprint density at radius 1 is 0.549 bits per heavy atom. The molecular formula is C36H57N3O12. The molecule has 2 aromatic carbocycles. The number of hydrogen-bond acceptors (Lipinski definition) is 13. The molecule has 0 amide bonds. The Morgan fingerprint density at radius 2 is 1.02 bits per heavy atom. The second-order valence-corrected chi connectivity index (χ2v) is 11.4. The van der Waals surface area contributed by atoms with Crippen LogP contribution in [-0.2, 0) is 39.6 Å². The summed E-state index contributed by atoms with van der Waals surface area (Å²) in [6, 6.07) is 11.8. The first-order valence-electron chi connectivity index (χ1n) is 17.9. The summed E-state index contributed by atoms with van der Waals surface area (Å²) in [5.41, 5.74) is 0.848. The van der Waals surface area contributed by atoms with E-state index in [-0.39, 0.29) is 23.7 Å². The van der Waals surface area contributed by atoms with E-state index >= 15 is 0 Å². The van der Waals surface area contributed by atoms with E-state index in [9.17, 15) is 20.2 Å². The third kappa shape index (κ3) is 22.9. The smallest absolute Gasteiger partial charge is 0.299 e. The number of rotatable bonds is 35. The minimum Gasteiger partial charge on any atom is -0.491 e. The monoisotopic (exact) mass is 723 g/mol. The number of nitro benzene ring substituents is 2. The summed E-state index contributed by atoms with van der Waals surface area (Å²) in [5.74, 6) is 0.868. The fourth-order valence-corrected chi connectivity index (χ4v) is 4.69. The van der Waals surface area contributed by atoms with E-state index < -0.39 is 9.85 Å². The lowest BCUT2D eigenvalue weighted by Gasteiger charge is -2.09. The fourth-order valence-electron chi connectivity index (χ4n) is 4.69. The highest BCUT2D eigenvalue weighted by atomic mass is 16.6. The maximum absolute atomic E-state index is 11.2. The molecule has 0 heterocycles. The SMILES string of the molecule is CCCCCCCCc1ccc(OCCOCCOCCOCCOCCOCCOCCOCCNc2ccc([N+](=O)[O-])cc2[N+](=O)[O-])cc1. The zero-order valence-corrected chi connectivity index (χ0v) is 30.1. The summed E-state index contributed by atoms with van der Waals surface area (Å²) in [5, 5.41) is 24.8. The van der Waals surface area contributed by atoms with Gasteiger partial charge in [0.05, 0.1) is 108 Å². The average Bonchev–Trinajstić information content (AvgIpc) is 3.13. The second-order valence-electron chi connectivity index (χ2n) is 11.4. The van der Waals surface area contributed by atoms with Crippen molar-refractivity contribution >= 4 is 17.1 Å². The molecule has 1 N–H and O–H groups in total. The van der Waals surface area contributed by atoms with Gasteiger partial charge in [-0.15, -0.1) is 0 Å². The first-order valence-corrected chi connectivity index (χ1v) is 17.9. The molecule has 0 atom stereocenters. The minimum atomic E-state index is -0.677. The number of ether oxygens (including phenoxy) is 8. The van der Waals surface area contributed by atoms with Gasteiger partial charge >= 0.3 is 0 Å². The Bertz CT molecular complexity index is 1170. The molecular weight excluding hydrogens is 666 g/mol. The van der Waals surface area contributed by atoms with Crippen LogP contribution in [0, 0.1) is 20.2 Å². The number of anilines is 1. The molecule has 51 heavy (non-hydrogen) atoms. The predicted molar refractivity (Wildman–Crippen MR) is 193 cm³/mol. The highest BCUT2D eigenvalue weighted by Crippen LogP contribution is 2.28. The Morgan fingerprint density at radius 3 is 1.51 bits per heavy atom. The highest BCUT2D eigenvalue weighted by molar-refractivity contribution is 5.65. The third-order valence-corrected chi connectivity index (χ3v) is 7.42. The van der Waals surface area contributed by atoms with Crippen molar-refractivity contribution in [3.05, 3.63) is 68.3 Å². The van der Waals surface area contributed by atoms with Gasteiger partial charge in [-0.25, -0.2) is 0 Å². The van der Waals surface area contributed by atoms with Crippen molar-refractivity contribution in [3.63, 3.8) is 0 Å². The molecule has 0 saturated heterocycles. The van der Waals surface area contributed by atoms with Crippen molar-refractivity contribution in [2.75, 3.05) is 111 Å². The van der Waals surface area contributed by atoms with Crippen LogP contribution in [0.4, 0.5) is 17.1 Å². The molecule has 0 aliphatic rings. The van der Waals surface area contributed by atoms with Gasteiger partial charge in [0, 0.05) is 12.6 Å². The van der Waals surface area contributed by atoms with E-state index in [1.165, 1.54) is 56.2 Å². The Labute approximate surface area is 301 Å². The van der Waals surface area contributed by atoms with Gasteiger partial charge in [-0.05, 0) is 36.6 Å². The Kier molecular flexibility index (Phi) is 25.9. The molecule has 15 nitrogen and oxygen atoms in total. The first kappa shape index (κ1) is 43.7. The molecule has 15 heteroatoms. The molecule has 2 aromatic rings. The zero-order chi connectivity index (χ0) is 36.6. The second kappa shape index (κ2) is 30.2. The van der Waals surface area contributed by atoms with Crippen LogP contribution in [0.15, 0.2) is 42.5 Å². The lowest BCUT2D eigenvalue weighted by molar-refractivity contribution is -0.393. The maximum Gasteiger partial charge on any atom is 0.299 e. The van der Waals surface area contributed by atoms with Gasteiger partial charge in [-0.2, -0.15) is 0 Å². The van der Waals surface area contributed by atoms with Crippen molar-refractivity contribution in [3.8, 4) is 5.75 Å². The van der Waals surface area contributed by atoms with Gasteiger partial charge in [-0.3, -0.25) is 20.2 Å². The lowest BCUT2D eigenvalue weighted by Crippen LogP contribution is -2.15. The van der Waals surface area contributed by atoms with E-state index in [4.69, 9.17) is 37.9 Å². The molecule has 288 valence electrons. The number of nitro groups is 2. The fraction of sp³-hybridized carbons (Fsp3) is 0.667. The van der Waals surface area contributed by atoms with E-state index in [0.29, 0.717) is 99.0 Å². The van der Waals surface area contributed by atoms with Gasteiger partial charge in [0.15, 0.2) is 0 Å². The lowest BCUT2D eigenvalue weighted by atomic mass is 10.0. The average molecular weight is 724 g/mol. The van der Waals surface area contributed by atoms with Crippen LogP contribution in [0.5, 0.6) is 5.75 Å². The van der Waals surface area contributed by atoms with Crippen LogP contribution in [0.1, 0.15) is 51.0 Å². The summed E-state index contributed by atoms with van der Waals surface area (Å²) >= 11 is 0. The van der Waals surface area contributed by atoms with E-state index in [2.05, 4.69) is 24.4 Å². The summed E-state index contributed by atoms with van der Waals surface area (Å²) in [6.07, 6.45) is 9.00. The molecule has 2 rings (SSSR count). The van der Waals surface area contributed by atoms with Crippen LogP contribution in [0.25, 0.3) is 0 Å². The van der Waals surface area contributed by atoms with Gasteiger partial charge in [0.2, 0.25) is 0 Å². The predicted octanol–water partition coefficient (Wildman–Crippen LogP) is 6.01. The number of unbranched alkanes of at least 4 members (excludes halogenated alkanes) is 5. The molecule has 0 spiro atoms. The van der Waals surface area contributed by atoms with Gasteiger partial charge < -0.3 is 43.2 Å². The highest BCUT2D eigenvalue weighted by Gasteiger charge is 2.19. The van der Waals surface area contributed by atoms with E-state index in [1.54, 1.807) is 0 Å². The molecule has 0 fully saturated rings. The van der Waals surface area contributed by atoms with Crippen molar-refractivity contribution < 1.29 is 47.7 Å². The number of nitrogens with one attached hydrogen (secondary N) is 1. The molecule has 0 bridgehead atoms. The quantitative estimate of drug-likeness (QED) is 0.0498.